The Kier molecular flexibility index (Phi) is 6.94. The molecule has 2 aliphatic carbocycles. The minimum Gasteiger partial charge on any atom is -0.478 e. The molecule has 0 aromatic heterocycles. The standard InChI is InChI=1S/C25H22F5N3O4/c26-19-9-16(37-25(28,29)30)3-4-18(19)24(5-6-24)23(36)33-15-7-17(22(34)35)21(20(27)8-15)14(10-31)12-32-11-13-1-2-13/h3-4,7-10,12-13,31-32H,1-2,5-6,11H2,(H,33,36)(H,34,35)/b14-12+,31-10?. The number of anilines is 1. The number of carboxylic acids is 1. The molecule has 2 saturated carbocycles. The minimum absolute atomic E-state index is 0.00433. The Morgan fingerprint density at radius 3 is 2.38 bits per heavy atom. The summed E-state index contributed by atoms with van der Waals surface area (Å²) in [4.78, 5) is 24.9. The van der Waals surface area contributed by atoms with Crippen molar-refractivity contribution >= 4 is 29.4 Å². The van der Waals surface area contributed by atoms with Gasteiger partial charge in [-0.1, -0.05) is 6.07 Å². The molecule has 196 valence electrons. The van der Waals surface area contributed by atoms with Crippen molar-refractivity contribution in [3.63, 3.8) is 0 Å². The van der Waals surface area contributed by atoms with Crippen molar-refractivity contribution in [1.82, 2.24) is 5.32 Å². The number of carbonyl (C=O) groups excluding carboxylic acids is 1. The molecule has 0 unspecified atom stereocenters. The molecular formula is C25H22F5N3O4. The summed E-state index contributed by atoms with van der Waals surface area (Å²) in [5.74, 6) is -4.64. The molecule has 0 spiro atoms. The van der Waals surface area contributed by atoms with Crippen molar-refractivity contribution in [2.75, 3.05) is 11.9 Å². The number of allylic oxidation sites excluding steroid dienone is 1. The molecule has 2 aromatic rings. The molecule has 12 heteroatoms. The maximum atomic E-state index is 15.1. The van der Waals surface area contributed by atoms with Gasteiger partial charge in [-0.15, -0.1) is 13.2 Å². The zero-order valence-electron chi connectivity index (χ0n) is 19.2. The second-order valence-corrected chi connectivity index (χ2v) is 9.01. The van der Waals surface area contributed by atoms with Crippen LogP contribution >= 0.6 is 0 Å². The highest BCUT2D eigenvalue weighted by molar-refractivity contribution is 6.13. The summed E-state index contributed by atoms with van der Waals surface area (Å²) in [5, 5.41) is 22.6. The Labute approximate surface area is 207 Å². The third kappa shape index (κ3) is 5.89. The van der Waals surface area contributed by atoms with Gasteiger partial charge in [-0.2, -0.15) is 0 Å². The maximum absolute atomic E-state index is 15.1. The van der Waals surface area contributed by atoms with Gasteiger partial charge in [0.25, 0.3) is 0 Å². The van der Waals surface area contributed by atoms with Crippen LogP contribution in [-0.4, -0.2) is 36.1 Å². The Balaban J connectivity index is 1.58. The van der Waals surface area contributed by atoms with E-state index in [1.807, 2.05) is 0 Å². The zero-order chi connectivity index (χ0) is 27.0. The second kappa shape index (κ2) is 9.83. The normalized spacial score (nSPS) is 16.6. The first-order valence-corrected chi connectivity index (χ1v) is 11.3. The number of amides is 1. The number of ether oxygens (including phenoxy) is 1. The molecule has 2 aromatic carbocycles. The highest BCUT2D eigenvalue weighted by Gasteiger charge is 2.53. The molecule has 2 fully saturated rings. The van der Waals surface area contributed by atoms with Gasteiger partial charge in [-0.3, -0.25) is 4.79 Å². The monoisotopic (exact) mass is 523 g/mol. The van der Waals surface area contributed by atoms with Crippen molar-refractivity contribution in [3.8, 4) is 5.75 Å². The highest BCUT2D eigenvalue weighted by Crippen LogP contribution is 2.50. The van der Waals surface area contributed by atoms with E-state index in [1.165, 1.54) is 6.20 Å². The molecule has 0 aliphatic heterocycles. The van der Waals surface area contributed by atoms with Crippen molar-refractivity contribution < 1.29 is 41.4 Å². The first kappa shape index (κ1) is 26.1. The third-order valence-electron chi connectivity index (χ3n) is 6.26. The van der Waals surface area contributed by atoms with Gasteiger partial charge in [0, 0.05) is 47.4 Å². The van der Waals surface area contributed by atoms with E-state index in [2.05, 4.69) is 15.4 Å². The molecule has 37 heavy (non-hydrogen) atoms. The Morgan fingerprint density at radius 2 is 1.84 bits per heavy atom. The van der Waals surface area contributed by atoms with Gasteiger partial charge in [0.05, 0.1) is 11.0 Å². The summed E-state index contributed by atoms with van der Waals surface area (Å²) >= 11 is 0. The van der Waals surface area contributed by atoms with Gasteiger partial charge in [0.15, 0.2) is 0 Å². The number of alkyl halides is 3. The van der Waals surface area contributed by atoms with Gasteiger partial charge in [0.1, 0.15) is 17.4 Å². The van der Waals surface area contributed by atoms with Crippen molar-refractivity contribution in [2.45, 2.75) is 37.5 Å². The second-order valence-electron chi connectivity index (χ2n) is 9.01. The van der Waals surface area contributed by atoms with E-state index in [4.69, 9.17) is 5.41 Å². The number of hydrogen-bond acceptors (Lipinski definition) is 5. The van der Waals surface area contributed by atoms with E-state index in [1.54, 1.807) is 0 Å². The van der Waals surface area contributed by atoms with Crippen LogP contribution < -0.4 is 15.4 Å². The van der Waals surface area contributed by atoms with Gasteiger partial charge in [-0.25, -0.2) is 13.6 Å². The summed E-state index contributed by atoms with van der Waals surface area (Å²) < 4.78 is 70.6. The van der Waals surface area contributed by atoms with Crippen LogP contribution in [0.2, 0.25) is 0 Å². The quantitative estimate of drug-likeness (QED) is 0.252. The third-order valence-corrected chi connectivity index (χ3v) is 6.26. The summed E-state index contributed by atoms with van der Waals surface area (Å²) in [6.07, 6.45) is -0.369. The predicted molar refractivity (Wildman–Crippen MR) is 123 cm³/mol. The lowest BCUT2D eigenvalue weighted by Gasteiger charge is -2.19. The molecule has 4 N–H and O–H groups in total. The maximum Gasteiger partial charge on any atom is 0.573 e. The van der Waals surface area contributed by atoms with E-state index in [0.29, 0.717) is 18.5 Å². The molecule has 7 nitrogen and oxygen atoms in total. The molecule has 0 bridgehead atoms. The molecule has 0 atom stereocenters. The number of carboxylic acid groups (broad SMARTS) is 1. The minimum atomic E-state index is -5.01. The van der Waals surface area contributed by atoms with Gasteiger partial charge >= 0.3 is 12.3 Å². The van der Waals surface area contributed by atoms with Gasteiger partial charge in [0.2, 0.25) is 5.91 Å². The fourth-order valence-corrected chi connectivity index (χ4v) is 4.06. The number of halogens is 5. The lowest BCUT2D eigenvalue weighted by molar-refractivity contribution is -0.274. The molecule has 4 rings (SSSR count). The predicted octanol–water partition coefficient (Wildman–Crippen LogP) is 5.22. The number of benzene rings is 2. The van der Waals surface area contributed by atoms with E-state index < -0.39 is 46.6 Å². The number of rotatable bonds is 10. The number of hydrogen-bond donors (Lipinski definition) is 4. The summed E-state index contributed by atoms with van der Waals surface area (Å²) in [7, 11) is 0. The van der Waals surface area contributed by atoms with Crippen molar-refractivity contribution in [2.24, 2.45) is 5.92 Å². The molecule has 1 amide bonds. The molecular weight excluding hydrogens is 501 g/mol. The van der Waals surface area contributed by atoms with Gasteiger partial charge in [-0.05, 0) is 49.8 Å². The zero-order valence-corrected chi connectivity index (χ0v) is 19.2. The summed E-state index contributed by atoms with van der Waals surface area (Å²) in [5.41, 5.74) is -2.62. The smallest absolute Gasteiger partial charge is 0.478 e. The van der Waals surface area contributed by atoms with E-state index in [0.717, 1.165) is 43.3 Å². The topological polar surface area (TPSA) is 112 Å². The highest BCUT2D eigenvalue weighted by atomic mass is 19.4. The number of carbonyl (C=O) groups is 2. The van der Waals surface area contributed by atoms with Crippen LogP contribution in [0.4, 0.5) is 27.6 Å². The summed E-state index contributed by atoms with van der Waals surface area (Å²) in [6, 6.07) is 4.35. The summed E-state index contributed by atoms with van der Waals surface area (Å²) in [6.45, 7) is 0.609. The molecule has 0 saturated heterocycles. The van der Waals surface area contributed by atoms with Crippen LogP contribution in [0.1, 0.15) is 47.2 Å². The Hall–Kier alpha value is -3.96. The first-order valence-electron chi connectivity index (χ1n) is 11.3. The van der Waals surface area contributed by atoms with Crippen molar-refractivity contribution in [1.29, 1.82) is 5.41 Å². The number of nitrogens with one attached hydrogen (secondary N) is 3. The first-order chi connectivity index (χ1) is 17.4. The lowest BCUT2D eigenvalue weighted by Crippen LogP contribution is -2.29. The van der Waals surface area contributed by atoms with E-state index in [9.17, 15) is 32.3 Å². The number of aromatic carboxylic acids is 1. The van der Waals surface area contributed by atoms with Crippen LogP contribution in [0.15, 0.2) is 36.5 Å². The Morgan fingerprint density at radius 1 is 1.14 bits per heavy atom. The largest absolute Gasteiger partial charge is 0.573 e. The average Bonchev–Trinajstić information content (AvgIpc) is 3.71. The van der Waals surface area contributed by atoms with Crippen LogP contribution in [0, 0.1) is 23.0 Å². The molecule has 0 radical (unpaired) electrons. The average molecular weight is 523 g/mol. The van der Waals surface area contributed by atoms with Crippen LogP contribution in [-0.2, 0) is 10.2 Å². The fraction of sp³-hybridized carbons (Fsp3) is 0.320. The molecule has 2 aliphatic rings. The SMILES string of the molecule is N=C/C(=C\NCC1CC1)c1c(F)cc(NC(=O)C2(c3ccc(OC(F)(F)F)cc3F)CC2)cc1C(=O)O. The fourth-order valence-electron chi connectivity index (χ4n) is 4.06. The Bertz CT molecular complexity index is 1280. The molecule has 0 heterocycles. The van der Waals surface area contributed by atoms with Crippen molar-refractivity contribution in [3.05, 3.63) is 64.9 Å². The van der Waals surface area contributed by atoms with E-state index in [-0.39, 0.29) is 35.2 Å². The van der Waals surface area contributed by atoms with Gasteiger partial charge < -0.3 is 25.9 Å². The van der Waals surface area contributed by atoms with Crippen LogP contribution in [0.5, 0.6) is 5.75 Å². The van der Waals surface area contributed by atoms with Crippen LogP contribution in [0.25, 0.3) is 5.57 Å². The van der Waals surface area contributed by atoms with E-state index >= 15 is 4.39 Å². The van der Waals surface area contributed by atoms with Crippen LogP contribution in [0.3, 0.4) is 0 Å². The lowest BCUT2D eigenvalue weighted by atomic mass is 9.93.